The van der Waals surface area contributed by atoms with Gasteiger partial charge in [-0.2, -0.15) is 0 Å². The molecule has 5 heteroatoms. The standard InChI is InChI=1S/C16H26N4O/c1-3-12-4-6-13(7-5-12)9-19-16(21)14-10-18-11(2)8-15(14)20-17/h8,10,12-13H,3-7,9,17H2,1-2H3,(H,18,20)(H,19,21). The average molecular weight is 290 g/mol. The molecule has 5 nitrogen and oxygen atoms in total. The Kier molecular flexibility index (Phi) is 5.56. The van der Waals surface area contributed by atoms with Crippen LogP contribution in [-0.2, 0) is 0 Å². The molecule has 21 heavy (non-hydrogen) atoms. The van der Waals surface area contributed by atoms with Gasteiger partial charge in [-0.1, -0.05) is 26.2 Å². The Morgan fingerprint density at radius 2 is 2.00 bits per heavy atom. The van der Waals surface area contributed by atoms with Crippen LogP contribution in [0.2, 0.25) is 0 Å². The Balaban J connectivity index is 1.88. The summed E-state index contributed by atoms with van der Waals surface area (Å²) in [5.41, 5.74) is 4.52. The lowest BCUT2D eigenvalue weighted by atomic mass is 9.81. The fraction of sp³-hybridized carbons (Fsp3) is 0.625. The van der Waals surface area contributed by atoms with Crippen molar-refractivity contribution in [2.45, 2.75) is 46.0 Å². The number of nitrogens with two attached hydrogens (primary N) is 1. The molecule has 1 saturated carbocycles. The van der Waals surface area contributed by atoms with E-state index in [0.717, 1.165) is 18.2 Å². The van der Waals surface area contributed by atoms with Crippen molar-refractivity contribution in [3.63, 3.8) is 0 Å². The van der Waals surface area contributed by atoms with Gasteiger partial charge in [0.05, 0.1) is 11.3 Å². The van der Waals surface area contributed by atoms with Crippen molar-refractivity contribution in [3.05, 3.63) is 23.5 Å². The number of anilines is 1. The van der Waals surface area contributed by atoms with E-state index in [1.165, 1.54) is 32.1 Å². The van der Waals surface area contributed by atoms with Gasteiger partial charge in [-0.3, -0.25) is 15.6 Å². The molecule has 1 heterocycles. The molecule has 1 aromatic rings. The number of aryl methyl sites for hydroxylation is 1. The molecule has 1 aromatic heterocycles. The molecule has 4 N–H and O–H groups in total. The van der Waals surface area contributed by atoms with Gasteiger partial charge in [0.25, 0.3) is 5.91 Å². The fourth-order valence-electron chi connectivity index (χ4n) is 3.04. The number of carbonyl (C=O) groups excluding carboxylic acids is 1. The van der Waals surface area contributed by atoms with Gasteiger partial charge in [0.15, 0.2) is 0 Å². The van der Waals surface area contributed by atoms with Crippen LogP contribution >= 0.6 is 0 Å². The number of amides is 1. The molecular formula is C16H26N4O. The molecule has 0 saturated heterocycles. The third-order valence-corrected chi connectivity index (χ3v) is 4.54. The van der Waals surface area contributed by atoms with E-state index >= 15 is 0 Å². The highest BCUT2D eigenvalue weighted by molar-refractivity contribution is 5.99. The summed E-state index contributed by atoms with van der Waals surface area (Å²) in [5, 5.41) is 3.02. The molecule has 0 bridgehead atoms. The number of rotatable bonds is 5. The number of aromatic nitrogens is 1. The van der Waals surface area contributed by atoms with Gasteiger partial charge in [-0.05, 0) is 37.7 Å². The minimum atomic E-state index is -0.104. The second-order valence-electron chi connectivity index (χ2n) is 6.02. The lowest BCUT2D eigenvalue weighted by Crippen LogP contribution is -2.32. The summed E-state index contributed by atoms with van der Waals surface area (Å²) in [7, 11) is 0. The topological polar surface area (TPSA) is 80.0 Å². The summed E-state index contributed by atoms with van der Waals surface area (Å²) in [6.45, 7) is 4.88. The predicted octanol–water partition coefficient (Wildman–Crippen LogP) is 2.62. The number of pyridine rings is 1. The first kappa shape index (κ1) is 15.8. The van der Waals surface area contributed by atoms with Gasteiger partial charge in [0, 0.05) is 18.4 Å². The monoisotopic (exact) mass is 290 g/mol. The zero-order valence-electron chi connectivity index (χ0n) is 13.0. The van der Waals surface area contributed by atoms with Crippen LogP contribution < -0.4 is 16.6 Å². The van der Waals surface area contributed by atoms with E-state index < -0.39 is 0 Å². The van der Waals surface area contributed by atoms with Crippen molar-refractivity contribution < 1.29 is 4.79 Å². The molecule has 0 aromatic carbocycles. The van der Waals surface area contributed by atoms with Crippen molar-refractivity contribution in [1.82, 2.24) is 10.3 Å². The minimum absolute atomic E-state index is 0.104. The van der Waals surface area contributed by atoms with Gasteiger partial charge >= 0.3 is 0 Å². The highest BCUT2D eigenvalue weighted by Crippen LogP contribution is 2.30. The van der Waals surface area contributed by atoms with Crippen LogP contribution in [0.4, 0.5) is 5.69 Å². The third kappa shape index (κ3) is 4.17. The van der Waals surface area contributed by atoms with Crippen LogP contribution in [0.15, 0.2) is 12.3 Å². The molecule has 0 spiro atoms. The van der Waals surface area contributed by atoms with Gasteiger partial charge in [-0.25, -0.2) is 0 Å². The highest BCUT2D eigenvalue weighted by Gasteiger charge is 2.21. The molecule has 116 valence electrons. The second-order valence-corrected chi connectivity index (χ2v) is 6.02. The van der Waals surface area contributed by atoms with Gasteiger partial charge < -0.3 is 10.7 Å². The van der Waals surface area contributed by atoms with Crippen LogP contribution in [0, 0.1) is 18.8 Å². The molecule has 1 fully saturated rings. The molecular weight excluding hydrogens is 264 g/mol. The first-order valence-corrected chi connectivity index (χ1v) is 7.85. The number of hydrogen-bond donors (Lipinski definition) is 3. The normalized spacial score (nSPS) is 21.9. The zero-order valence-corrected chi connectivity index (χ0v) is 13.0. The van der Waals surface area contributed by atoms with E-state index in [0.29, 0.717) is 17.2 Å². The molecule has 1 aliphatic rings. The van der Waals surface area contributed by atoms with Crippen LogP contribution in [0.1, 0.15) is 55.1 Å². The first-order chi connectivity index (χ1) is 10.1. The summed E-state index contributed by atoms with van der Waals surface area (Å²) in [4.78, 5) is 16.4. The maximum absolute atomic E-state index is 12.3. The largest absolute Gasteiger partial charge is 0.352 e. The molecule has 0 radical (unpaired) electrons. The molecule has 2 rings (SSSR count). The maximum atomic E-state index is 12.3. The van der Waals surface area contributed by atoms with E-state index in [9.17, 15) is 4.79 Å². The fourth-order valence-corrected chi connectivity index (χ4v) is 3.04. The number of nitrogens with zero attached hydrogens (tertiary/aromatic N) is 1. The predicted molar refractivity (Wildman–Crippen MR) is 84.9 cm³/mol. The number of carbonyl (C=O) groups is 1. The first-order valence-electron chi connectivity index (χ1n) is 7.85. The van der Waals surface area contributed by atoms with E-state index in [2.05, 4.69) is 22.7 Å². The van der Waals surface area contributed by atoms with Crippen molar-refractivity contribution in [2.24, 2.45) is 17.7 Å². The lowest BCUT2D eigenvalue weighted by Gasteiger charge is -2.27. The molecule has 1 amide bonds. The molecule has 1 aliphatic carbocycles. The van der Waals surface area contributed by atoms with Crippen LogP contribution in [0.25, 0.3) is 0 Å². The van der Waals surface area contributed by atoms with Gasteiger partial charge in [-0.15, -0.1) is 0 Å². The molecule has 0 unspecified atom stereocenters. The molecule has 0 atom stereocenters. The zero-order chi connectivity index (χ0) is 15.2. The number of hydrazine groups is 1. The van der Waals surface area contributed by atoms with E-state index in [1.54, 1.807) is 12.3 Å². The Morgan fingerprint density at radius 1 is 1.33 bits per heavy atom. The minimum Gasteiger partial charge on any atom is -0.352 e. The smallest absolute Gasteiger partial charge is 0.255 e. The van der Waals surface area contributed by atoms with E-state index in [1.807, 2.05) is 6.92 Å². The van der Waals surface area contributed by atoms with Crippen molar-refractivity contribution in [2.75, 3.05) is 12.0 Å². The summed E-state index contributed by atoms with van der Waals surface area (Å²) >= 11 is 0. The maximum Gasteiger partial charge on any atom is 0.255 e. The quantitative estimate of drug-likeness (QED) is 0.575. The Labute approximate surface area is 126 Å². The average Bonchev–Trinajstić information content (AvgIpc) is 2.52. The second kappa shape index (κ2) is 7.41. The third-order valence-electron chi connectivity index (χ3n) is 4.54. The van der Waals surface area contributed by atoms with Crippen LogP contribution in [0.5, 0.6) is 0 Å². The highest BCUT2D eigenvalue weighted by atomic mass is 16.1. The van der Waals surface area contributed by atoms with Gasteiger partial charge in [0.1, 0.15) is 0 Å². The van der Waals surface area contributed by atoms with Crippen molar-refractivity contribution in [3.8, 4) is 0 Å². The summed E-state index contributed by atoms with van der Waals surface area (Å²) < 4.78 is 0. The van der Waals surface area contributed by atoms with Crippen molar-refractivity contribution in [1.29, 1.82) is 0 Å². The number of nitrogen functional groups attached to an aromatic ring is 1. The molecule has 0 aliphatic heterocycles. The SMILES string of the molecule is CCC1CCC(CNC(=O)c2cnc(C)cc2NN)CC1. The van der Waals surface area contributed by atoms with Crippen LogP contribution in [-0.4, -0.2) is 17.4 Å². The number of hydrogen-bond acceptors (Lipinski definition) is 4. The number of nitrogens with one attached hydrogen (secondary N) is 2. The van der Waals surface area contributed by atoms with Crippen LogP contribution in [0.3, 0.4) is 0 Å². The summed E-state index contributed by atoms with van der Waals surface area (Å²) in [5.74, 6) is 6.85. The Hall–Kier alpha value is -1.62. The lowest BCUT2D eigenvalue weighted by molar-refractivity contribution is 0.0941. The Morgan fingerprint density at radius 3 is 2.62 bits per heavy atom. The van der Waals surface area contributed by atoms with Crippen molar-refractivity contribution >= 4 is 11.6 Å². The summed E-state index contributed by atoms with van der Waals surface area (Å²) in [6, 6.07) is 1.78. The van der Waals surface area contributed by atoms with Gasteiger partial charge in [0.2, 0.25) is 0 Å². The Bertz CT molecular complexity index is 481. The van der Waals surface area contributed by atoms with E-state index in [4.69, 9.17) is 5.84 Å². The van der Waals surface area contributed by atoms with E-state index in [-0.39, 0.29) is 5.91 Å². The summed E-state index contributed by atoms with van der Waals surface area (Å²) in [6.07, 6.45) is 7.87.